The van der Waals surface area contributed by atoms with E-state index in [1.807, 2.05) is 74.5 Å². The largest absolute Gasteiger partial charge is 0.318 e. The maximum absolute atomic E-state index is 12.5. The summed E-state index contributed by atoms with van der Waals surface area (Å²) >= 11 is 14.0. The number of carbonyl (C=O) groups is 1. The first kappa shape index (κ1) is 24.1. The van der Waals surface area contributed by atoms with E-state index < -0.39 is 0 Å². The van der Waals surface area contributed by atoms with Crippen LogP contribution in [0.25, 0.3) is 5.69 Å². The number of hydrogen-bond acceptors (Lipinski definition) is 3. The minimum Gasteiger partial charge on any atom is -0.318 e. The van der Waals surface area contributed by atoms with Crippen LogP contribution in [0.5, 0.6) is 0 Å². The van der Waals surface area contributed by atoms with Crippen LogP contribution < -0.4 is 5.43 Å². The van der Waals surface area contributed by atoms with E-state index in [-0.39, 0.29) is 5.91 Å². The number of hydrogen-bond donors (Lipinski definition) is 1. The topological polar surface area (TPSA) is 46.4 Å². The molecule has 0 spiro atoms. The van der Waals surface area contributed by atoms with Gasteiger partial charge in [-0.05, 0) is 67.9 Å². The molecular formula is C27H23Cl2N3OS. The first-order valence-electron chi connectivity index (χ1n) is 10.7. The number of thioether (sulfide) groups is 1. The molecule has 0 aliphatic carbocycles. The van der Waals surface area contributed by atoms with Crippen LogP contribution in [0.1, 0.15) is 32.9 Å². The molecule has 3 aromatic carbocycles. The van der Waals surface area contributed by atoms with Gasteiger partial charge in [-0.3, -0.25) is 4.79 Å². The van der Waals surface area contributed by atoms with Gasteiger partial charge < -0.3 is 4.57 Å². The predicted molar refractivity (Wildman–Crippen MR) is 143 cm³/mol. The van der Waals surface area contributed by atoms with Gasteiger partial charge in [-0.2, -0.15) is 5.10 Å². The van der Waals surface area contributed by atoms with E-state index in [2.05, 4.69) is 27.2 Å². The Morgan fingerprint density at radius 2 is 1.71 bits per heavy atom. The molecule has 4 nitrogen and oxygen atoms in total. The number of benzene rings is 3. The molecule has 0 aliphatic heterocycles. The SMILES string of the molecule is Cc1cc(/C=N/NC(=O)c2ccc(CSc3ccccc3)cc2)c(C)n1-c1ccc(Cl)c(Cl)c1. The van der Waals surface area contributed by atoms with Gasteiger partial charge in [0, 0.05) is 38.9 Å². The quantitative estimate of drug-likeness (QED) is 0.160. The number of rotatable bonds is 7. The first-order chi connectivity index (χ1) is 16.4. The van der Waals surface area contributed by atoms with Crippen molar-refractivity contribution in [2.24, 2.45) is 5.10 Å². The van der Waals surface area contributed by atoms with Crippen molar-refractivity contribution in [2.45, 2.75) is 24.5 Å². The summed E-state index contributed by atoms with van der Waals surface area (Å²) < 4.78 is 2.07. The highest BCUT2D eigenvalue weighted by Crippen LogP contribution is 2.27. The van der Waals surface area contributed by atoms with Crippen LogP contribution in [0.3, 0.4) is 0 Å². The molecule has 172 valence electrons. The Hall–Kier alpha value is -2.99. The zero-order valence-electron chi connectivity index (χ0n) is 18.8. The molecule has 0 bridgehead atoms. The summed E-state index contributed by atoms with van der Waals surface area (Å²) in [6.07, 6.45) is 1.65. The summed E-state index contributed by atoms with van der Waals surface area (Å²) in [6.45, 7) is 3.99. The molecule has 0 aliphatic rings. The van der Waals surface area contributed by atoms with Gasteiger partial charge in [-0.1, -0.05) is 53.5 Å². The smallest absolute Gasteiger partial charge is 0.271 e. The van der Waals surface area contributed by atoms with Crippen molar-refractivity contribution in [2.75, 3.05) is 0 Å². The number of nitrogens with one attached hydrogen (secondary N) is 1. The van der Waals surface area contributed by atoms with E-state index in [1.165, 1.54) is 4.90 Å². The molecule has 0 saturated carbocycles. The molecule has 1 aromatic heterocycles. The van der Waals surface area contributed by atoms with Gasteiger partial charge in [0.25, 0.3) is 5.91 Å². The maximum Gasteiger partial charge on any atom is 0.271 e. The second kappa shape index (κ2) is 11.0. The van der Waals surface area contributed by atoms with Crippen LogP contribution in [-0.2, 0) is 5.75 Å². The molecule has 0 radical (unpaired) electrons. The van der Waals surface area contributed by atoms with Crippen molar-refractivity contribution in [1.82, 2.24) is 9.99 Å². The summed E-state index contributed by atoms with van der Waals surface area (Å²) in [6, 6.07) is 25.4. The monoisotopic (exact) mass is 507 g/mol. The Kier molecular flexibility index (Phi) is 7.78. The van der Waals surface area contributed by atoms with Gasteiger partial charge in [-0.15, -0.1) is 11.8 Å². The Morgan fingerprint density at radius 1 is 0.971 bits per heavy atom. The number of aryl methyl sites for hydroxylation is 1. The Balaban J connectivity index is 1.38. The zero-order valence-corrected chi connectivity index (χ0v) is 21.1. The molecule has 4 aromatic rings. The average Bonchev–Trinajstić information content (AvgIpc) is 3.13. The first-order valence-corrected chi connectivity index (χ1v) is 12.4. The molecule has 34 heavy (non-hydrogen) atoms. The highest BCUT2D eigenvalue weighted by Gasteiger charge is 2.11. The molecule has 0 unspecified atom stereocenters. The number of nitrogens with zero attached hydrogens (tertiary/aromatic N) is 2. The van der Waals surface area contributed by atoms with Crippen LogP contribution in [0.2, 0.25) is 10.0 Å². The van der Waals surface area contributed by atoms with E-state index in [1.54, 1.807) is 24.0 Å². The molecule has 7 heteroatoms. The van der Waals surface area contributed by atoms with Gasteiger partial charge in [0.15, 0.2) is 0 Å². The van der Waals surface area contributed by atoms with Crippen LogP contribution in [0, 0.1) is 13.8 Å². The lowest BCUT2D eigenvalue weighted by Gasteiger charge is -2.10. The zero-order chi connectivity index (χ0) is 24.1. The second-order valence-electron chi connectivity index (χ2n) is 7.76. The third-order valence-electron chi connectivity index (χ3n) is 5.37. The van der Waals surface area contributed by atoms with E-state index in [0.29, 0.717) is 15.6 Å². The van der Waals surface area contributed by atoms with Crippen LogP contribution in [-0.4, -0.2) is 16.7 Å². The van der Waals surface area contributed by atoms with E-state index in [0.717, 1.165) is 34.0 Å². The minimum absolute atomic E-state index is 0.253. The van der Waals surface area contributed by atoms with Gasteiger partial charge in [-0.25, -0.2) is 5.43 Å². The normalized spacial score (nSPS) is 11.2. The predicted octanol–water partition coefficient (Wildman–Crippen LogP) is 7.46. The molecule has 1 amide bonds. The molecule has 1 N–H and O–H groups in total. The van der Waals surface area contributed by atoms with Crippen molar-refractivity contribution in [1.29, 1.82) is 0 Å². The fourth-order valence-electron chi connectivity index (χ4n) is 3.60. The standard InChI is InChI=1S/C27H23Cl2N3OS/c1-18-14-22(19(2)32(18)23-12-13-25(28)26(29)15-23)16-30-31-27(33)21-10-8-20(9-11-21)17-34-24-6-4-3-5-7-24/h3-16H,17H2,1-2H3,(H,31,33)/b30-16+. The Morgan fingerprint density at radius 3 is 2.41 bits per heavy atom. The molecular weight excluding hydrogens is 485 g/mol. The molecule has 0 saturated heterocycles. The molecule has 1 heterocycles. The van der Waals surface area contributed by atoms with Crippen molar-refractivity contribution < 1.29 is 4.79 Å². The highest BCUT2D eigenvalue weighted by atomic mass is 35.5. The average molecular weight is 508 g/mol. The number of carbonyl (C=O) groups excluding carboxylic acids is 1. The minimum atomic E-state index is -0.253. The van der Waals surface area contributed by atoms with Crippen molar-refractivity contribution in [3.8, 4) is 5.69 Å². The van der Waals surface area contributed by atoms with E-state index in [9.17, 15) is 4.79 Å². The van der Waals surface area contributed by atoms with Gasteiger partial charge in [0.2, 0.25) is 0 Å². The lowest BCUT2D eigenvalue weighted by atomic mass is 10.1. The van der Waals surface area contributed by atoms with Crippen LogP contribution in [0.4, 0.5) is 0 Å². The van der Waals surface area contributed by atoms with E-state index in [4.69, 9.17) is 23.2 Å². The summed E-state index contributed by atoms with van der Waals surface area (Å²) in [4.78, 5) is 13.7. The highest BCUT2D eigenvalue weighted by molar-refractivity contribution is 7.98. The van der Waals surface area contributed by atoms with Crippen molar-refractivity contribution in [3.05, 3.63) is 117 Å². The second-order valence-corrected chi connectivity index (χ2v) is 9.62. The number of amides is 1. The van der Waals surface area contributed by atoms with Gasteiger partial charge in [0.05, 0.1) is 16.3 Å². The van der Waals surface area contributed by atoms with Gasteiger partial charge >= 0.3 is 0 Å². The third-order valence-corrected chi connectivity index (χ3v) is 7.19. The fourth-order valence-corrected chi connectivity index (χ4v) is 4.77. The number of halogens is 2. The van der Waals surface area contributed by atoms with Crippen LogP contribution in [0.15, 0.2) is 88.9 Å². The fraction of sp³-hybridized carbons (Fsp3) is 0.111. The summed E-state index contributed by atoms with van der Waals surface area (Å²) in [5.74, 6) is 0.593. The maximum atomic E-state index is 12.5. The number of hydrazone groups is 1. The third kappa shape index (κ3) is 5.73. The lowest BCUT2D eigenvalue weighted by Crippen LogP contribution is -2.17. The van der Waals surface area contributed by atoms with Crippen molar-refractivity contribution >= 4 is 47.1 Å². The molecule has 0 atom stereocenters. The van der Waals surface area contributed by atoms with Crippen molar-refractivity contribution in [3.63, 3.8) is 0 Å². The Bertz CT molecular complexity index is 1330. The number of aromatic nitrogens is 1. The lowest BCUT2D eigenvalue weighted by molar-refractivity contribution is 0.0955. The molecule has 0 fully saturated rings. The summed E-state index contributed by atoms with van der Waals surface area (Å²) in [5.41, 5.74) is 8.15. The Labute approximate surface area is 213 Å². The van der Waals surface area contributed by atoms with E-state index >= 15 is 0 Å². The molecule has 4 rings (SSSR count). The summed E-state index contributed by atoms with van der Waals surface area (Å²) in [5, 5.41) is 5.18. The van der Waals surface area contributed by atoms with Crippen LogP contribution >= 0.6 is 35.0 Å². The summed E-state index contributed by atoms with van der Waals surface area (Å²) in [7, 11) is 0. The van der Waals surface area contributed by atoms with Gasteiger partial charge in [0.1, 0.15) is 0 Å².